The number of rotatable bonds is 4. The first-order chi connectivity index (χ1) is 12.6. The summed E-state index contributed by atoms with van der Waals surface area (Å²) in [5, 5.41) is 9.87. The number of anilines is 2. The van der Waals surface area contributed by atoms with Crippen molar-refractivity contribution in [2.45, 2.75) is 38.3 Å². The van der Waals surface area contributed by atoms with E-state index in [9.17, 15) is 5.11 Å². The fourth-order valence-electron chi connectivity index (χ4n) is 4.23. The molecule has 0 bridgehead atoms. The van der Waals surface area contributed by atoms with E-state index in [-0.39, 0.29) is 6.10 Å². The number of aliphatic hydroxyl groups is 1. The molecule has 0 radical (unpaired) electrons. The van der Waals surface area contributed by atoms with E-state index in [2.05, 4.69) is 9.80 Å². The van der Waals surface area contributed by atoms with Gasteiger partial charge in [0, 0.05) is 65.4 Å². The molecule has 0 amide bonds. The van der Waals surface area contributed by atoms with E-state index in [1.807, 2.05) is 19.0 Å². The lowest BCUT2D eigenvalue weighted by Gasteiger charge is -2.36. The summed E-state index contributed by atoms with van der Waals surface area (Å²) in [6, 6.07) is 0. The third-order valence-electron chi connectivity index (χ3n) is 5.81. The summed E-state index contributed by atoms with van der Waals surface area (Å²) in [5.74, 6) is 2.53. The number of piperidine rings is 1. The van der Waals surface area contributed by atoms with Crippen LogP contribution in [-0.4, -0.2) is 79.6 Å². The molecule has 7 nitrogen and oxygen atoms in total. The predicted molar refractivity (Wildman–Crippen MR) is 102 cm³/mol. The summed E-state index contributed by atoms with van der Waals surface area (Å²) < 4.78 is 5.55. The third kappa shape index (κ3) is 3.80. The van der Waals surface area contributed by atoms with Gasteiger partial charge in [0.1, 0.15) is 5.82 Å². The zero-order valence-corrected chi connectivity index (χ0v) is 16.0. The number of ether oxygens (including phenoxy) is 1. The minimum absolute atomic E-state index is 0.170. The number of fused-ring (bicyclic) bond motifs is 1. The van der Waals surface area contributed by atoms with Gasteiger partial charge in [-0.15, -0.1) is 0 Å². The van der Waals surface area contributed by atoms with Crippen LogP contribution in [0.4, 0.5) is 11.8 Å². The Morgan fingerprint density at radius 2 is 1.96 bits per heavy atom. The first kappa shape index (κ1) is 17.9. The van der Waals surface area contributed by atoms with Gasteiger partial charge in [0.15, 0.2) is 0 Å². The maximum atomic E-state index is 9.87. The van der Waals surface area contributed by atoms with E-state index in [0.717, 1.165) is 77.0 Å². The van der Waals surface area contributed by atoms with Gasteiger partial charge in [-0.1, -0.05) is 0 Å². The Morgan fingerprint density at radius 3 is 2.65 bits per heavy atom. The minimum Gasteiger partial charge on any atom is -0.393 e. The van der Waals surface area contributed by atoms with Gasteiger partial charge in [0.2, 0.25) is 5.95 Å². The molecule has 4 rings (SSSR count). The molecule has 2 fully saturated rings. The second kappa shape index (κ2) is 7.66. The van der Waals surface area contributed by atoms with Crippen molar-refractivity contribution in [3.05, 3.63) is 11.3 Å². The number of hydrogen-bond donors (Lipinski definition) is 1. The molecule has 0 spiro atoms. The molecule has 3 aliphatic heterocycles. The quantitative estimate of drug-likeness (QED) is 0.855. The van der Waals surface area contributed by atoms with E-state index in [1.165, 1.54) is 17.7 Å². The molecule has 1 atom stereocenters. The SMILES string of the molecule is CN(C)c1nc2c(c(N3CCC(O)CC3)n1)CN(CC1CCOC1)CC2. The lowest BCUT2D eigenvalue weighted by atomic mass is 10.0. The second-order valence-corrected chi connectivity index (χ2v) is 8.10. The van der Waals surface area contributed by atoms with Gasteiger partial charge in [-0.05, 0) is 25.2 Å². The largest absolute Gasteiger partial charge is 0.393 e. The average molecular weight is 361 g/mol. The van der Waals surface area contributed by atoms with Crippen LogP contribution < -0.4 is 9.80 Å². The molecule has 2 saturated heterocycles. The van der Waals surface area contributed by atoms with E-state index in [0.29, 0.717) is 5.92 Å². The number of aliphatic hydroxyl groups excluding tert-OH is 1. The van der Waals surface area contributed by atoms with Gasteiger partial charge in [-0.2, -0.15) is 4.98 Å². The van der Waals surface area contributed by atoms with E-state index in [1.54, 1.807) is 0 Å². The molecule has 1 aromatic heterocycles. The van der Waals surface area contributed by atoms with Crippen LogP contribution in [0.3, 0.4) is 0 Å². The molecule has 1 aromatic rings. The zero-order valence-electron chi connectivity index (χ0n) is 16.0. The normalized spacial score (nSPS) is 24.7. The van der Waals surface area contributed by atoms with Crippen molar-refractivity contribution in [3.8, 4) is 0 Å². The predicted octanol–water partition coefficient (Wildman–Crippen LogP) is 0.898. The zero-order chi connectivity index (χ0) is 18.1. The fourth-order valence-corrected chi connectivity index (χ4v) is 4.23. The molecule has 1 N–H and O–H groups in total. The summed E-state index contributed by atoms with van der Waals surface area (Å²) >= 11 is 0. The lowest BCUT2D eigenvalue weighted by molar-refractivity contribution is 0.145. The van der Waals surface area contributed by atoms with Crippen LogP contribution in [0, 0.1) is 5.92 Å². The highest BCUT2D eigenvalue weighted by molar-refractivity contribution is 5.54. The third-order valence-corrected chi connectivity index (χ3v) is 5.81. The Kier molecular flexibility index (Phi) is 5.29. The van der Waals surface area contributed by atoms with Crippen molar-refractivity contribution in [2.24, 2.45) is 5.92 Å². The fraction of sp³-hybridized carbons (Fsp3) is 0.789. The van der Waals surface area contributed by atoms with Crippen molar-refractivity contribution in [3.63, 3.8) is 0 Å². The summed E-state index contributed by atoms with van der Waals surface area (Å²) in [6.07, 6.45) is 3.63. The molecular formula is C19H31N5O2. The first-order valence-electron chi connectivity index (χ1n) is 9.90. The van der Waals surface area contributed by atoms with Crippen LogP contribution in [-0.2, 0) is 17.7 Å². The monoisotopic (exact) mass is 361 g/mol. The van der Waals surface area contributed by atoms with Gasteiger partial charge in [-0.25, -0.2) is 4.98 Å². The molecule has 0 aliphatic carbocycles. The van der Waals surface area contributed by atoms with E-state index < -0.39 is 0 Å². The van der Waals surface area contributed by atoms with Crippen LogP contribution in [0.1, 0.15) is 30.5 Å². The Labute approximate surface area is 156 Å². The molecule has 3 aliphatic rings. The molecular weight excluding hydrogens is 330 g/mol. The van der Waals surface area contributed by atoms with Gasteiger partial charge >= 0.3 is 0 Å². The maximum Gasteiger partial charge on any atom is 0.227 e. The lowest BCUT2D eigenvalue weighted by Crippen LogP contribution is -2.40. The van der Waals surface area contributed by atoms with Crippen LogP contribution in [0.5, 0.6) is 0 Å². The highest BCUT2D eigenvalue weighted by atomic mass is 16.5. The Bertz CT molecular complexity index is 625. The summed E-state index contributed by atoms with van der Waals surface area (Å²) in [4.78, 5) is 16.6. The van der Waals surface area contributed by atoms with Gasteiger partial charge in [0.25, 0.3) is 0 Å². The summed E-state index contributed by atoms with van der Waals surface area (Å²) in [5.41, 5.74) is 2.49. The highest BCUT2D eigenvalue weighted by Gasteiger charge is 2.29. The van der Waals surface area contributed by atoms with Crippen molar-refractivity contribution in [1.29, 1.82) is 0 Å². The maximum absolute atomic E-state index is 9.87. The minimum atomic E-state index is -0.170. The molecule has 26 heavy (non-hydrogen) atoms. The smallest absolute Gasteiger partial charge is 0.227 e. The Hall–Kier alpha value is -1.44. The van der Waals surface area contributed by atoms with Crippen molar-refractivity contribution >= 4 is 11.8 Å². The highest BCUT2D eigenvalue weighted by Crippen LogP contribution is 2.31. The second-order valence-electron chi connectivity index (χ2n) is 8.10. The van der Waals surface area contributed by atoms with Crippen LogP contribution in [0.2, 0.25) is 0 Å². The van der Waals surface area contributed by atoms with Crippen molar-refractivity contribution in [2.75, 3.05) is 63.3 Å². The van der Waals surface area contributed by atoms with E-state index in [4.69, 9.17) is 14.7 Å². The molecule has 7 heteroatoms. The van der Waals surface area contributed by atoms with E-state index >= 15 is 0 Å². The van der Waals surface area contributed by atoms with Crippen LogP contribution >= 0.6 is 0 Å². The van der Waals surface area contributed by atoms with Gasteiger partial charge < -0.3 is 19.6 Å². The Morgan fingerprint density at radius 1 is 1.15 bits per heavy atom. The number of nitrogens with zero attached hydrogens (tertiary/aromatic N) is 5. The summed E-state index contributed by atoms with van der Waals surface area (Å²) in [7, 11) is 4.00. The standard InChI is InChI=1S/C19H31N5O2/c1-22(2)19-20-17-5-7-23(11-14-6-10-26-13-14)12-16(17)18(21-19)24-8-3-15(25)4-9-24/h14-15,25H,3-13H2,1-2H3. The van der Waals surface area contributed by atoms with Crippen LogP contribution in [0.25, 0.3) is 0 Å². The number of aromatic nitrogens is 2. The summed E-state index contributed by atoms with van der Waals surface area (Å²) in [6.45, 7) is 6.64. The van der Waals surface area contributed by atoms with Gasteiger partial charge in [0.05, 0.1) is 18.4 Å². The average Bonchev–Trinajstić information content (AvgIpc) is 3.14. The molecule has 4 heterocycles. The first-order valence-corrected chi connectivity index (χ1v) is 9.90. The molecule has 0 aromatic carbocycles. The molecule has 0 saturated carbocycles. The molecule has 144 valence electrons. The van der Waals surface area contributed by atoms with Crippen LogP contribution in [0.15, 0.2) is 0 Å². The van der Waals surface area contributed by atoms with Crippen molar-refractivity contribution in [1.82, 2.24) is 14.9 Å². The van der Waals surface area contributed by atoms with Crippen molar-refractivity contribution < 1.29 is 9.84 Å². The topological polar surface area (TPSA) is 65.0 Å². The molecule has 1 unspecified atom stereocenters. The Balaban J connectivity index is 1.58. The number of hydrogen-bond acceptors (Lipinski definition) is 7. The van der Waals surface area contributed by atoms with Gasteiger partial charge in [-0.3, -0.25) is 4.90 Å².